The Bertz CT molecular complexity index is 481. The third-order valence-electron chi connectivity index (χ3n) is 4.15. The highest BCUT2D eigenvalue weighted by Crippen LogP contribution is 2.17. The Hall–Kier alpha value is -1.21. The fourth-order valence-corrected chi connectivity index (χ4v) is 3.09. The minimum absolute atomic E-state index is 0.292. The lowest BCUT2D eigenvalue weighted by Gasteiger charge is -2.35. The first kappa shape index (κ1) is 14.7. The Morgan fingerprint density at radius 2 is 2.00 bits per heavy atom. The van der Waals surface area contributed by atoms with Gasteiger partial charge in [0.15, 0.2) is 0 Å². The monoisotopic (exact) mass is 353 g/mol. The van der Waals surface area contributed by atoms with Crippen LogP contribution >= 0.6 is 15.9 Å². The van der Waals surface area contributed by atoms with Crippen LogP contribution in [0.3, 0.4) is 0 Å². The number of halogens is 1. The van der Waals surface area contributed by atoms with Crippen molar-refractivity contribution in [3.05, 3.63) is 16.9 Å². The first-order valence-electron chi connectivity index (χ1n) is 7.43. The van der Waals surface area contributed by atoms with Crippen LogP contribution in [0.15, 0.2) is 16.9 Å². The van der Waals surface area contributed by atoms with E-state index < -0.39 is 0 Å². The van der Waals surface area contributed by atoms with E-state index in [0.717, 1.165) is 56.1 Å². The van der Waals surface area contributed by atoms with Crippen molar-refractivity contribution >= 4 is 27.8 Å². The number of amides is 1. The van der Waals surface area contributed by atoms with E-state index >= 15 is 0 Å². The van der Waals surface area contributed by atoms with Gasteiger partial charge in [0.1, 0.15) is 0 Å². The average molecular weight is 354 g/mol. The molecule has 0 saturated carbocycles. The number of hydrogen-bond acceptors (Lipinski definition) is 5. The van der Waals surface area contributed by atoms with E-state index in [2.05, 4.69) is 36.1 Å². The maximum Gasteiger partial charge on any atom is 0.225 e. The molecule has 2 fully saturated rings. The predicted molar refractivity (Wildman–Crippen MR) is 84.1 cm³/mol. The number of carbonyl (C=O) groups is 1. The largest absolute Gasteiger partial charge is 0.339 e. The second-order valence-electron chi connectivity index (χ2n) is 5.63. The fraction of sp³-hybridized carbons (Fsp3) is 0.643. The van der Waals surface area contributed by atoms with E-state index in [-0.39, 0.29) is 0 Å². The van der Waals surface area contributed by atoms with Crippen LogP contribution in [0, 0.1) is 5.92 Å². The van der Waals surface area contributed by atoms with Crippen LogP contribution in [-0.2, 0) is 4.79 Å². The van der Waals surface area contributed by atoms with E-state index in [1.807, 2.05) is 4.90 Å². The Labute approximate surface area is 133 Å². The molecule has 7 heteroatoms. The molecule has 1 aromatic rings. The van der Waals surface area contributed by atoms with Crippen molar-refractivity contribution in [2.75, 3.05) is 44.2 Å². The van der Waals surface area contributed by atoms with E-state index in [1.165, 1.54) is 0 Å². The number of piperazine rings is 1. The molecular weight excluding hydrogens is 334 g/mol. The highest BCUT2D eigenvalue weighted by molar-refractivity contribution is 9.10. The van der Waals surface area contributed by atoms with Crippen molar-refractivity contribution in [1.82, 2.24) is 20.2 Å². The zero-order chi connectivity index (χ0) is 14.7. The van der Waals surface area contributed by atoms with Gasteiger partial charge < -0.3 is 15.1 Å². The van der Waals surface area contributed by atoms with Crippen LogP contribution in [0.1, 0.15) is 12.8 Å². The average Bonchev–Trinajstić information content (AvgIpc) is 3.01. The number of hydrogen-bond donors (Lipinski definition) is 1. The molecule has 1 amide bonds. The second-order valence-corrected chi connectivity index (χ2v) is 6.55. The van der Waals surface area contributed by atoms with Gasteiger partial charge in [-0.3, -0.25) is 4.79 Å². The summed E-state index contributed by atoms with van der Waals surface area (Å²) >= 11 is 3.34. The van der Waals surface area contributed by atoms with E-state index in [0.29, 0.717) is 18.2 Å². The molecule has 6 nitrogen and oxygen atoms in total. The van der Waals surface area contributed by atoms with Crippen molar-refractivity contribution in [3.8, 4) is 0 Å². The second kappa shape index (κ2) is 6.70. The molecule has 2 aliphatic heterocycles. The summed E-state index contributed by atoms with van der Waals surface area (Å²) in [6.07, 6.45) is 5.32. The SMILES string of the molecule is O=C(CC1CCNC1)N1CCN(c2ncc(Br)cn2)CC1. The van der Waals surface area contributed by atoms with Gasteiger partial charge in [0.2, 0.25) is 11.9 Å². The molecule has 2 saturated heterocycles. The highest BCUT2D eigenvalue weighted by Gasteiger charge is 2.25. The summed E-state index contributed by atoms with van der Waals surface area (Å²) in [5, 5.41) is 3.31. The summed E-state index contributed by atoms with van der Waals surface area (Å²) in [6.45, 7) is 5.16. The molecule has 114 valence electrons. The summed E-state index contributed by atoms with van der Waals surface area (Å²) in [5.41, 5.74) is 0. The standard InChI is InChI=1S/C14H20BrN5O/c15-12-9-17-14(18-10-12)20-5-3-19(4-6-20)13(21)7-11-1-2-16-8-11/h9-11,16H,1-8H2. The van der Waals surface area contributed by atoms with Crippen LogP contribution in [0.4, 0.5) is 5.95 Å². The smallest absolute Gasteiger partial charge is 0.225 e. The third-order valence-corrected chi connectivity index (χ3v) is 4.56. The van der Waals surface area contributed by atoms with Gasteiger partial charge in [0.05, 0.1) is 4.47 Å². The maximum absolute atomic E-state index is 12.3. The summed E-state index contributed by atoms with van der Waals surface area (Å²) in [5.74, 6) is 1.55. The molecule has 1 aromatic heterocycles. The Balaban J connectivity index is 1.50. The van der Waals surface area contributed by atoms with Gasteiger partial charge in [0.25, 0.3) is 0 Å². The van der Waals surface area contributed by atoms with Crippen molar-refractivity contribution in [2.24, 2.45) is 5.92 Å². The van der Waals surface area contributed by atoms with Gasteiger partial charge in [0, 0.05) is 45.0 Å². The molecular formula is C14H20BrN5O. The first-order chi connectivity index (χ1) is 10.2. The maximum atomic E-state index is 12.3. The fourth-order valence-electron chi connectivity index (χ4n) is 2.89. The van der Waals surface area contributed by atoms with Crippen molar-refractivity contribution < 1.29 is 4.79 Å². The Morgan fingerprint density at radius 3 is 2.62 bits per heavy atom. The molecule has 1 N–H and O–H groups in total. The zero-order valence-electron chi connectivity index (χ0n) is 12.0. The van der Waals surface area contributed by atoms with Crippen LogP contribution < -0.4 is 10.2 Å². The Kier molecular flexibility index (Phi) is 4.70. The molecule has 2 aliphatic rings. The molecule has 0 radical (unpaired) electrons. The summed E-state index contributed by atoms with van der Waals surface area (Å²) in [7, 11) is 0. The third kappa shape index (κ3) is 3.71. The molecule has 0 aromatic carbocycles. The molecule has 0 aliphatic carbocycles. The van der Waals surface area contributed by atoms with Crippen molar-refractivity contribution in [2.45, 2.75) is 12.8 Å². The van der Waals surface area contributed by atoms with Crippen LogP contribution in [0.2, 0.25) is 0 Å². The van der Waals surface area contributed by atoms with Gasteiger partial charge in [-0.15, -0.1) is 0 Å². The van der Waals surface area contributed by atoms with Crippen molar-refractivity contribution in [1.29, 1.82) is 0 Å². The summed E-state index contributed by atoms with van der Waals surface area (Å²) < 4.78 is 0.880. The molecule has 3 rings (SSSR count). The van der Waals surface area contributed by atoms with Gasteiger partial charge in [-0.05, 0) is 41.4 Å². The topological polar surface area (TPSA) is 61.4 Å². The highest BCUT2D eigenvalue weighted by atomic mass is 79.9. The molecule has 3 heterocycles. The first-order valence-corrected chi connectivity index (χ1v) is 8.22. The molecule has 0 spiro atoms. The number of rotatable bonds is 3. The van der Waals surface area contributed by atoms with Gasteiger partial charge in [-0.2, -0.15) is 0 Å². The van der Waals surface area contributed by atoms with Crippen LogP contribution in [0.25, 0.3) is 0 Å². The van der Waals surface area contributed by atoms with Gasteiger partial charge in [-0.25, -0.2) is 9.97 Å². The minimum atomic E-state index is 0.292. The Morgan fingerprint density at radius 1 is 1.29 bits per heavy atom. The zero-order valence-corrected chi connectivity index (χ0v) is 13.5. The number of anilines is 1. The van der Waals surface area contributed by atoms with Crippen LogP contribution in [0.5, 0.6) is 0 Å². The lowest BCUT2D eigenvalue weighted by molar-refractivity contribution is -0.132. The summed E-state index contributed by atoms with van der Waals surface area (Å²) in [4.78, 5) is 25.0. The molecule has 21 heavy (non-hydrogen) atoms. The molecule has 0 bridgehead atoms. The number of nitrogens with one attached hydrogen (secondary N) is 1. The van der Waals surface area contributed by atoms with Gasteiger partial charge in [-0.1, -0.05) is 0 Å². The number of aromatic nitrogens is 2. The number of carbonyl (C=O) groups excluding carboxylic acids is 1. The predicted octanol–water partition coefficient (Wildman–Crippen LogP) is 0.887. The minimum Gasteiger partial charge on any atom is -0.339 e. The van der Waals surface area contributed by atoms with E-state index in [9.17, 15) is 4.79 Å². The molecule has 1 atom stereocenters. The lowest BCUT2D eigenvalue weighted by atomic mass is 10.0. The lowest BCUT2D eigenvalue weighted by Crippen LogP contribution is -2.49. The quantitative estimate of drug-likeness (QED) is 0.874. The van der Waals surface area contributed by atoms with Gasteiger partial charge >= 0.3 is 0 Å². The number of nitrogens with zero attached hydrogens (tertiary/aromatic N) is 4. The normalized spacial score (nSPS) is 22.6. The van der Waals surface area contributed by atoms with Crippen molar-refractivity contribution in [3.63, 3.8) is 0 Å². The van der Waals surface area contributed by atoms with E-state index in [1.54, 1.807) is 12.4 Å². The van der Waals surface area contributed by atoms with Crippen LogP contribution in [-0.4, -0.2) is 60.0 Å². The molecule has 1 unspecified atom stereocenters. The van der Waals surface area contributed by atoms with E-state index in [4.69, 9.17) is 0 Å². The summed E-state index contributed by atoms with van der Waals surface area (Å²) in [6, 6.07) is 0.